The Morgan fingerprint density at radius 1 is 0.609 bits per heavy atom. The van der Waals surface area contributed by atoms with Gasteiger partial charge in [0.05, 0.1) is 46.8 Å². The van der Waals surface area contributed by atoms with Crippen LogP contribution in [0.15, 0.2) is 0 Å². The molecule has 0 bridgehead atoms. The highest BCUT2D eigenvalue weighted by Gasteiger charge is 2.46. The van der Waals surface area contributed by atoms with Crippen molar-refractivity contribution in [3.63, 3.8) is 0 Å². The van der Waals surface area contributed by atoms with E-state index in [0.29, 0.717) is 0 Å². The molecule has 0 spiro atoms. The monoisotopic (exact) mass is 917 g/mol. The Morgan fingerprint density at radius 2 is 1.06 bits per heavy atom. The average molecular weight is 917 g/mol. The summed E-state index contributed by atoms with van der Waals surface area (Å²) in [4.78, 5) is 107. The largest absolute Gasteiger partial charge is 0.481 e. The summed E-state index contributed by atoms with van der Waals surface area (Å²) in [5.41, 5.74) is -3.62. The van der Waals surface area contributed by atoms with E-state index in [1.807, 2.05) is 41.5 Å². The molecule has 0 amide bonds. The molecule has 1 rings (SSSR count). The van der Waals surface area contributed by atoms with Gasteiger partial charge in [0.1, 0.15) is 26.4 Å². The van der Waals surface area contributed by atoms with E-state index >= 15 is 0 Å². The van der Waals surface area contributed by atoms with E-state index in [4.69, 9.17) is 28.4 Å². The van der Waals surface area contributed by atoms with Crippen molar-refractivity contribution < 1.29 is 87.2 Å². The second kappa shape index (κ2) is 25.4. The molecule has 0 aliphatic carbocycles. The van der Waals surface area contributed by atoms with Crippen LogP contribution in [0.4, 0.5) is 0 Å². The molecule has 0 aromatic rings. The Bertz CT molecular complexity index is 1580. The molecule has 4 N–H and O–H groups in total. The van der Waals surface area contributed by atoms with Crippen molar-refractivity contribution in [2.45, 2.75) is 134 Å². The van der Waals surface area contributed by atoms with Crippen LogP contribution in [0, 0.1) is 69.0 Å². The molecule has 1 saturated heterocycles. The van der Waals surface area contributed by atoms with Crippen molar-refractivity contribution in [3.8, 4) is 0 Å². The maximum absolute atomic E-state index is 13.8. The maximum Gasteiger partial charge on any atom is 0.313 e. The van der Waals surface area contributed by atoms with E-state index in [2.05, 4.69) is 0 Å². The van der Waals surface area contributed by atoms with Gasteiger partial charge in [-0.25, -0.2) is 0 Å². The molecule has 18 nitrogen and oxygen atoms in total. The van der Waals surface area contributed by atoms with Crippen LogP contribution in [-0.4, -0.2) is 108 Å². The lowest BCUT2D eigenvalue weighted by Gasteiger charge is -2.36. The van der Waals surface area contributed by atoms with Crippen LogP contribution in [0.25, 0.3) is 0 Å². The molecule has 8 unspecified atom stereocenters. The standard InChI is InChI=1S/C46H76O18/c1-27(2)33-19-29(37(53)63-25-47)17-28(35(49)50)18-31(21-43(3,4)5)38(54)59-13-14-60-39(55)32(22-44(6,7)8)24-46(12,42(58)64-26-48)23-30(36(51)52)20-34(45(9,10)11)41(57)62-16-15-61-40(33)56/h27-34,47-48H,13-26H2,1-12H3,(H,49,50)(H,51,52). The first-order valence-electron chi connectivity index (χ1n) is 22.0. The van der Waals surface area contributed by atoms with Crippen molar-refractivity contribution >= 4 is 47.8 Å². The van der Waals surface area contributed by atoms with Crippen molar-refractivity contribution in [2.75, 3.05) is 40.0 Å². The van der Waals surface area contributed by atoms with Crippen LogP contribution in [0.3, 0.4) is 0 Å². The predicted octanol–water partition coefficient (Wildman–Crippen LogP) is 5.56. The van der Waals surface area contributed by atoms with Gasteiger partial charge in [0.15, 0.2) is 13.6 Å². The third-order valence-electron chi connectivity index (χ3n) is 11.5. The van der Waals surface area contributed by atoms with Gasteiger partial charge >= 0.3 is 47.8 Å². The molecule has 0 radical (unpaired) electrons. The number of hydrogen-bond donors (Lipinski definition) is 4. The number of rotatable bonds is 9. The minimum absolute atomic E-state index is 0.155. The number of cyclic esters (lactones) is 4. The number of hydrogen-bond acceptors (Lipinski definition) is 16. The summed E-state index contributed by atoms with van der Waals surface area (Å²) in [6.07, 6.45) is -1.59. The molecule has 0 aromatic heterocycles. The highest BCUT2D eigenvalue weighted by molar-refractivity contribution is 5.81. The number of aliphatic hydroxyl groups is 2. The fourth-order valence-electron chi connectivity index (χ4n) is 8.32. The van der Waals surface area contributed by atoms with Gasteiger partial charge in [-0.05, 0) is 80.5 Å². The van der Waals surface area contributed by atoms with Gasteiger partial charge in [-0.2, -0.15) is 0 Å². The van der Waals surface area contributed by atoms with Crippen LogP contribution in [0.1, 0.15) is 134 Å². The number of carboxylic acids is 2. The summed E-state index contributed by atoms with van der Waals surface area (Å²) < 4.78 is 32.0. The summed E-state index contributed by atoms with van der Waals surface area (Å²) >= 11 is 0. The zero-order valence-corrected chi connectivity index (χ0v) is 40.0. The molecule has 0 aromatic carbocycles. The van der Waals surface area contributed by atoms with Crippen LogP contribution >= 0.6 is 0 Å². The van der Waals surface area contributed by atoms with E-state index < -0.39 is 163 Å². The lowest BCUT2D eigenvalue weighted by Crippen LogP contribution is -2.41. The van der Waals surface area contributed by atoms with Gasteiger partial charge in [-0.3, -0.25) is 38.4 Å². The van der Waals surface area contributed by atoms with Gasteiger partial charge in [-0.15, -0.1) is 0 Å². The van der Waals surface area contributed by atoms with E-state index in [9.17, 15) is 58.8 Å². The maximum atomic E-state index is 13.8. The molecule has 1 fully saturated rings. The molecule has 18 heteroatoms. The van der Waals surface area contributed by atoms with Crippen molar-refractivity contribution in [1.82, 2.24) is 0 Å². The summed E-state index contributed by atoms with van der Waals surface area (Å²) in [5, 5.41) is 39.9. The van der Waals surface area contributed by atoms with E-state index in [-0.39, 0.29) is 44.9 Å². The number of carbonyl (C=O) groups excluding carboxylic acids is 6. The zero-order chi connectivity index (χ0) is 49.4. The Hall–Kier alpha value is -4.32. The SMILES string of the molecule is CC(C)C1CC(C(=O)OCO)CC(C(=O)O)CC(CC(C)(C)C)C(=O)OCCOC(=O)C(CC(C)(C)C)CC(C)(C(=O)OCO)CC(C(=O)O)CC(C(C)(C)C)C(=O)OCCOC1=O. The van der Waals surface area contributed by atoms with Crippen LogP contribution in [0.5, 0.6) is 0 Å². The third kappa shape index (κ3) is 20.2. The highest BCUT2D eigenvalue weighted by Crippen LogP contribution is 2.43. The normalized spacial score (nSPS) is 27.6. The molecule has 1 heterocycles. The minimum atomic E-state index is -1.71. The second-order valence-corrected chi connectivity index (χ2v) is 21.2. The van der Waals surface area contributed by atoms with Gasteiger partial charge in [-0.1, -0.05) is 76.2 Å². The summed E-state index contributed by atoms with van der Waals surface area (Å²) in [7, 11) is 0. The quantitative estimate of drug-likeness (QED) is 0.125. The lowest BCUT2D eigenvalue weighted by atomic mass is 9.68. The predicted molar refractivity (Wildman–Crippen MR) is 228 cm³/mol. The van der Waals surface area contributed by atoms with Gasteiger partial charge < -0.3 is 48.8 Å². The van der Waals surface area contributed by atoms with Crippen molar-refractivity contribution in [3.05, 3.63) is 0 Å². The fraction of sp³-hybridized carbons (Fsp3) is 0.826. The highest BCUT2D eigenvalue weighted by atomic mass is 16.6. The molecule has 64 heavy (non-hydrogen) atoms. The molecular formula is C46H76O18. The first-order valence-corrected chi connectivity index (χ1v) is 22.0. The minimum Gasteiger partial charge on any atom is -0.481 e. The average Bonchev–Trinajstić information content (AvgIpc) is 3.14. The van der Waals surface area contributed by atoms with Gasteiger partial charge in [0.2, 0.25) is 0 Å². The molecule has 0 saturated carbocycles. The summed E-state index contributed by atoms with van der Waals surface area (Å²) in [5.74, 6) is -16.2. The Balaban J connectivity index is 3.87. The third-order valence-corrected chi connectivity index (χ3v) is 11.5. The Morgan fingerprint density at radius 3 is 1.50 bits per heavy atom. The summed E-state index contributed by atoms with van der Waals surface area (Å²) in [6.45, 7) is 17.2. The zero-order valence-electron chi connectivity index (χ0n) is 40.0. The molecule has 1 aliphatic rings. The lowest BCUT2D eigenvalue weighted by molar-refractivity contribution is -0.170. The smallest absolute Gasteiger partial charge is 0.313 e. The second-order valence-electron chi connectivity index (χ2n) is 21.2. The van der Waals surface area contributed by atoms with E-state index in [1.54, 1.807) is 34.6 Å². The van der Waals surface area contributed by atoms with Gasteiger partial charge in [0, 0.05) is 0 Å². The number of aliphatic carboxylic acids is 2. The molecular weight excluding hydrogens is 840 g/mol. The Kier molecular flexibility index (Phi) is 22.9. The van der Waals surface area contributed by atoms with Crippen LogP contribution in [-0.2, 0) is 66.8 Å². The Labute approximate surface area is 377 Å². The van der Waals surface area contributed by atoms with Crippen LogP contribution in [0.2, 0.25) is 0 Å². The first kappa shape index (κ1) is 57.7. The molecule has 1 aliphatic heterocycles. The number of esters is 6. The van der Waals surface area contributed by atoms with Crippen molar-refractivity contribution in [2.24, 2.45) is 69.0 Å². The summed E-state index contributed by atoms with van der Waals surface area (Å²) in [6, 6.07) is 0. The van der Waals surface area contributed by atoms with E-state index in [0.717, 1.165) is 0 Å². The van der Waals surface area contributed by atoms with Crippen LogP contribution < -0.4 is 0 Å². The first-order chi connectivity index (χ1) is 29.3. The van der Waals surface area contributed by atoms with E-state index in [1.165, 1.54) is 6.92 Å². The number of aliphatic hydroxyl groups excluding tert-OH is 2. The molecule has 8 atom stereocenters. The van der Waals surface area contributed by atoms with Crippen molar-refractivity contribution in [1.29, 1.82) is 0 Å². The number of carboxylic acid groups (broad SMARTS) is 2. The van der Waals surface area contributed by atoms with Gasteiger partial charge in [0.25, 0.3) is 0 Å². The molecule has 368 valence electrons. The fourth-order valence-corrected chi connectivity index (χ4v) is 8.32. The number of carbonyl (C=O) groups is 8. The topological polar surface area (TPSA) is 273 Å². The number of ether oxygens (including phenoxy) is 6.